The highest BCUT2D eigenvalue weighted by Gasteiger charge is 2.22. The van der Waals surface area contributed by atoms with Gasteiger partial charge in [-0.15, -0.1) is 0 Å². The van der Waals surface area contributed by atoms with Crippen molar-refractivity contribution in [2.75, 3.05) is 0 Å². The molecule has 0 saturated carbocycles. The van der Waals surface area contributed by atoms with Gasteiger partial charge in [0.2, 0.25) is 0 Å². The predicted molar refractivity (Wildman–Crippen MR) is 67.1 cm³/mol. The third-order valence-corrected chi connectivity index (χ3v) is 2.65. The maximum absolute atomic E-state index is 11.2. The molecule has 0 radical (unpaired) electrons. The van der Waals surface area contributed by atoms with Crippen LogP contribution < -0.4 is 5.32 Å². The van der Waals surface area contributed by atoms with Crippen molar-refractivity contribution in [3.63, 3.8) is 0 Å². The van der Waals surface area contributed by atoms with E-state index in [-0.39, 0.29) is 12.1 Å². The van der Waals surface area contributed by atoms with Crippen molar-refractivity contribution in [1.29, 1.82) is 0 Å². The van der Waals surface area contributed by atoms with Crippen LogP contribution >= 0.6 is 0 Å². The standard InChI is InChI=1S/C12H11N3O5/c16-12(17)11-8(2-1-3-10(11)15(18)19)6-13-7-9-4-5-20-14-9/h1-5,13H,6-7H2,(H,16,17). The molecule has 1 heterocycles. The van der Waals surface area contributed by atoms with Crippen LogP contribution in [0.15, 0.2) is 35.1 Å². The number of carboxylic acids is 1. The summed E-state index contributed by atoms with van der Waals surface area (Å²) < 4.78 is 4.66. The Hall–Kier alpha value is -2.74. The number of hydrogen-bond acceptors (Lipinski definition) is 6. The molecule has 104 valence electrons. The lowest BCUT2D eigenvalue weighted by molar-refractivity contribution is -0.385. The van der Waals surface area contributed by atoms with E-state index in [1.54, 1.807) is 6.07 Å². The van der Waals surface area contributed by atoms with Gasteiger partial charge in [0.25, 0.3) is 5.69 Å². The molecule has 0 unspecified atom stereocenters. The highest BCUT2D eigenvalue weighted by molar-refractivity contribution is 5.94. The summed E-state index contributed by atoms with van der Waals surface area (Å²) >= 11 is 0. The van der Waals surface area contributed by atoms with Crippen LogP contribution in [0.4, 0.5) is 5.69 Å². The number of nitro benzene ring substituents is 1. The summed E-state index contributed by atoms with van der Waals surface area (Å²) in [5, 5.41) is 26.6. The topological polar surface area (TPSA) is 118 Å². The number of aromatic nitrogens is 1. The van der Waals surface area contributed by atoms with E-state index in [4.69, 9.17) is 5.11 Å². The summed E-state index contributed by atoms with van der Waals surface area (Å²) in [6.07, 6.45) is 1.42. The summed E-state index contributed by atoms with van der Waals surface area (Å²) in [7, 11) is 0. The second-order valence-corrected chi connectivity index (χ2v) is 3.97. The minimum atomic E-state index is -1.32. The number of nitrogens with zero attached hydrogens (tertiary/aromatic N) is 2. The summed E-state index contributed by atoms with van der Waals surface area (Å²) in [4.78, 5) is 21.3. The molecule has 1 aromatic carbocycles. The van der Waals surface area contributed by atoms with Crippen LogP contribution in [0.25, 0.3) is 0 Å². The van der Waals surface area contributed by atoms with Crippen molar-refractivity contribution in [1.82, 2.24) is 10.5 Å². The van der Waals surface area contributed by atoms with Crippen LogP contribution in [0.3, 0.4) is 0 Å². The van der Waals surface area contributed by atoms with E-state index in [0.717, 1.165) is 0 Å². The van der Waals surface area contributed by atoms with Gasteiger partial charge >= 0.3 is 5.97 Å². The Morgan fingerprint density at radius 2 is 2.20 bits per heavy atom. The van der Waals surface area contributed by atoms with Crippen LogP contribution in [0.2, 0.25) is 0 Å². The van der Waals surface area contributed by atoms with Gasteiger partial charge in [-0.2, -0.15) is 0 Å². The van der Waals surface area contributed by atoms with Gasteiger partial charge in [0, 0.05) is 25.2 Å². The Kier molecular flexibility index (Phi) is 4.06. The van der Waals surface area contributed by atoms with Gasteiger partial charge in [0.05, 0.1) is 10.6 Å². The molecule has 0 amide bonds. The van der Waals surface area contributed by atoms with E-state index in [1.165, 1.54) is 24.5 Å². The molecule has 0 aliphatic rings. The van der Waals surface area contributed by atoms with Gasteiger partial charge in [0.1, 0.15) is 11.8 Å². The van der Waals surface area contributed by atoms with Crippen molar-refractivity contribution in [2.45, 2.75) is 13.1 Å². The largest absolute Gasteiger partial charge is 0.477 e. The van der Waals surface area contributed by atoms with Gasteiger partial charge in [0.15, 0.2) is 0 Å². The summed E-state index contributed by atoms with van der Waals surface area (Å²) in [6.45, 7) is 0.550. The molecule has 8 nitrogen and oxygen atoms in total. The van der Waals surface area contributed by atoms with E-state index in [1.807, 2.05) is 0 Å². The molecule has 1 aromatic heterocycles. The van der Waals surface area contributed by atoms with Gasteiger partial charge in [-0.05, 0) is 5.56 Å². The van der Waals surface area contributed by atoms with Crippen LogP contribution in [0.5, 0.6) is 0 Å². The SMILES string of the molecule is O=C(O)c1c(CNCc2ccon2)cccc1[N+](=O)[O-]. The number of carbonyl (C=O) groups is 1. The Balaban J connectivity index is 2.16. The van der Waals surface area contributed by atoms with E-state index in [0.29, 0.717) is 17.8 Å². The van der Waals surface area contributed by atoms with Crippen molar-refractivity contribution in [3.05, 3.63) is 57.5 Å². The van der Waals surface area contributed by atoms with Gasteiger partial charge < -0.3 is 14.9 Å². The van der Waals surface area contributed by atoms with Crippen LogP contribution in [-0.4, -0.2) is 21.2 Å². The lowest BCUT2D eigenvalue weighted by atomic mass is 10.1. The quantitative estimate of drug-likeness (QED) is 0.607. The van der Waals surface area contributed by atoms with Gasteiger partial charge in [-0.3, -0.25) is 10.1 Å². The van der Waals surface area contributed by atoms with Crippen molar-refractivity contribution < 1.29 is 19.3 Å². The molecule has 2 rings (SSSR count). The Morgan fingerprint density at radius 3 is 2.80 bits per heavy atom. The van der Waals surface area contributed by atoms with Crippen molar-refractivity contribution in [3.8, 4) is 0 Å². The summed E-state index contributed by atoms with van der Waals surface area (Å²) in [5.74, 6) is -1.32. The molecule has 0 fully saturated rings. The zero-order valence-electron chi connectivity index (χ0n) is 10.3. The number of hydrogen-bond donors (Lipinski definition) is 2. The molecular formula is C12H11N3O5. The molecule has 0 bridgehead atoms. The second kappa shape index (κ2) is 5.93. The molecule has 20 heavy (non-hydrogen) atoms. The Bertz CT molecular complexity index is 624. The molecule has 2 N–H and O–H groups in total. The Labute approximate surface area is 113 Å². The molecule has 0 saturated heterocycles. The number of nitrogens with one attached hydrogen (secondary N) is 1. The highest BCUT2D eigenvalue weighted by atomic mass is 16.6. The zero-order valence-corrected chi connectivity index (χ0v) is 10.3. The average molecular weight is 277 g/mol. The lowest BCUT2D eigenvalue weighted by Gasteiger charge is -2.07. The molecule has 0 aliphatic heterocycles. The van der Waals surface area contributed by atoms with Crippen LogP contribution in [-0.2, 0) is 13.1 Å². The minimum Gasteiger partial charge on any atom is -0.477 e. The fraction of sp³-hybridized carbons (Fsp3) is 0.167. The maximum atomic E-state index is 11.2. The minimum absolute atomic E-state index is 0.177. The van der Waals surface area contributed by atoms with E-state index < -0.39 is 16.6 Å². The number of aromatic carboxylic acids is 1. The third-order valence-electron chi connectivity index (χ3n) is 2.65. The average Bonchev–Trinajstić information content (AvgIpc) is 2.91. The second-order valence-electron chi connectivity index (χ2n) is 3.97. The molecule has 0 spiro atoms. The molecular weight excluding hydrogens is 266 g/mol. The number of nitro groups is 1. The fourth-order valence-corrected chi connectivity index (χ4v) is 1.79. The van der Waals surface area contributed by atoms with Crippen LogP contribution in [0, 0.1) is 10.1 Å². The number of rotatable bonds is 6. The normalized spacial score (nSPS) is 10.4. The monoisotopic (exact) mass is 277 g/mol. The number of benzene rings is 1. The first-order valence-corrected chi connectivity index (χ1v) is 5.69. The van der Waals surface area contributed by atoms with Crippen molar-refractivity contribution in [2.24, 2.45) is 0 Å². The lowest BCUT2D eigenvalue weighted by Crippen LogP contribution is -2.16. The molecule has 2 aromatic rings. The molecule has 0 aliphatic carbocycles. The van der Waals surface area contributed by atoms with Gasteiger partial charge in [-0.25, -0.2) is 4.79 Å². The zero-order chi connectivity index (χ0) is 14.5. The van der Waals surface area contributed by atoms with Crippen molar-refractivity contribution >= 4 is 11.7 Å². The summed E-state index contributed by atoms with van der Waals surface area (Å²) in [6, 6.07) is 5.83. The van der Waals surface area contributed by atoms with Crippen LogP contribution in [0.1, 0.15) is 21.6 Å². The summed E-state index contributed by atoms with van der Waals surface area (Å²) in [5.41, 5.74) is 0.283. The fourth-order valence-electron chi connectivity index (χ4n) is 1.79. The maximum Gasteiger partial charge on any atom is 0.343 e. The first-order chi connectivity index (χ1) is 9.59. The molecule has 8 heteroatoms. The van der Waals surface area contributed by atoms with E-state index in [9.17, 15) is 14.9 Å². The molecule has 0 atom stereocenters. The predicted octanol–water partition coefficient (Wildman–Crippen LogP) is 1.57. The van der Waals surface area contributed by atoms with E-state index in [2.05, 4.69) is 15.0 Å². The van der Waals surface area contributed by atoms with Gasteiger partial charge in [-0.1, -0.05) is 17.3 Å². The smallest absolute Gasteiger partial charge is 0.343 e. The number of carboxylic acid groups (broad SMARTS) is 1. The first-order valence-electron chi connectivity index (χ1n) is 5.69. The van der Waals surface area contributed by atoms with E-state index >= 15 is 0 Å². The third kappa shape index (κ3) is 2.98. The Morgan fingerprint density at radius 1 is 1.40 bits per heavy atom. The highest BCUT2D eigenvalue weighted by Crippen LogP contribution is 2.22. The first kappa shape index (κ1) is 13.7.